The van der Waals surface area contributed by atoms with Gasteiger partial charge in [-0.15, -0.1) is 0 Å². The number of alkyl halides is 3. The Morgan fingerprint density at radius 3 is 2.57 bits per heavy atom. The smallest absolute Gasteiger partial charge is 0.471 e. The van der Waals surface area contributed by atoms with Crippen LogP contribution in [0.5, 0.6) is 11.5 Å². The molecule has 158 valence electrons. The largest absolute Gasteiger partial charge is 0.493 e. The van der Waals surface area contributed by atoms with Gasteiger partial charge in [0.1, 0.15) is 0 Å². The van der Waals surface area contributed by atoms with Crippen molar-refractivity contribution in [1.82, 2.24) is 9.88 Å². The van der Waals surface area contributed by atoms with E-state index in [9.17, 15) is 18.0 Å². The van der Waals surface area contributed by atoms with Crippen molar-refractivity contribution in [2.24, 2.45) is 0 Å². The molecule has 0 saturated heterocycles. The van der Waals surface area contributed by atoms with Crippen LogP contribution in [0.25, 0.3) is 10.9 Å². The van der Waals surface area contributed by atoms with E-state index in [1.807, 2.05) is 24.3 Å². The first-order valence-corrected chi connectivity index (χ1v) is 9.51. The van der Waals surface area contributed by atoms with Crippen LogP contribution in [0.1, 0.15) is 22.7 Å². The first kappa shape index (κ1) is 20.1. The molecule has 1 aromatic heterocycles. The van der Waals surface area contributed by atoms with Gasteiger partial charge in [-0.25, -0.2) is 0 Å². The van der Waals surface area contributed by atoms with Crippen molar-refractivity contribution >= 4 is 16.8 Å². The lowest BCUT2D eigenvalue weighted by molar-refractivity contribution is -0.188. The quantitative estimate of drug-likeness (QED) is 0.683. The molecule has 1 N–H and O–H groups in total. The highest BCUT2D eigenvalue weighted by atomic mass is 19.4. The summed E-state index contributed by atoms with van der Waals surface area (Å²) in [5.41, 5.74) is 3.23. The lowest BCUT2D eigenvalue weighted by atomic mass is 9.88. The zero-order valence-corrected chi connectivity index (χ0v) is 16.5. The van der Waals surface area contributed by atoms with Gasteiger partial charge in [-0.2, -0.15) is 13.2 Å². The van der Waals surface area contributed by atoms with E-state index in [0.29, 0.717) is 23.5 Å². The molecule has 1 atom stereocenters. The number of nitrogens with one attached hydrogen (secondary N) is 1. The van der Waals surface area contributed by atoms with Gasteiger partial charge in [0.2, 0.25) is 0 Å². The summed E-state index contributed by atoms with van der Waals surface area (Å²) in [6.07, 6.45) is -2.60. The summed E-state index contributed by atoms with van der Waals surface area (Å²) in [5, 5.41) is 0.921. The number of hydrogen-bond donors (Lipinski definition) is 1. The van der Waals surface area contributed by atoms with E-state index < -0.39 is 18.1 Å². The van der Waals surface area contributed by atoms with Crippen LogP contribution in [0, 0.1) is 0 Å². The van der Waals surface area contributed by atoms with Gasteiger partial charge in [0.05, 0.1) is 20.3 Å². The average Bonchev–Trinajstić information content (AvgIpc) is 3.14. The topological polar surface area (TPSA) is 54.6 Å². The van der Waals surface area contributed by atoms with Crippen LogP contribution in [0.3, 0.4) is 0 Å². The van der Waals surface area contributed by atoms with Crippen molar-refractivity contribution in [2.75, 3.05) is 20.8 Å². The Hall–Kier alpha value is -3.16. The molecule has 0 saturated carbocycles. The number of aromatic nitrogens is 1. The fraction of sp³-hybridized carbons (Fsp3) is 0.318. The molecule has 0 spiro atoms. The molecule has 0 fully saturated rings. The van der Waals surface area contributed by atoms with Crippen molar-refractivity contribution in [3.8, 4) is 11.5 Å². The Balaban J connectivity index is 1.82. The number of amides is 1. The Labute approximate surface area is 171 Å². The van der Waals surface area contributed by atoms with Gasteiger partial charge >= 0.3 is 12.1 Å². The number of carbonyl (C=O) groups excluding carboxylic acids is 1. The van der Waals surface area contributed by atoms with E-state index in [0.717, 1.165) is 26.9 Å². The molecule has 0 unspecified atom stereocenters. The van der Waals surface area contributed by atoms with Crippen LogP contribution in [0.2, 0.25) is 0 Å². The normalized spacial score (nSPS) is 16.4. The molecule has 0 bridgehead atoms. The van der Waals surface area contributed by atoms with Crippen LogP contribution >= 0.6 is 0 Å². The van der Waals surface area contributed by atoms with E-state index in [1.54, 1.807) is 18.3 Å². The first-order valence-electron chi connectivity index (χ1n) is 9.51. The highest BCUT2D eigenvalue weighted by molar-refractivity contribution is 5.84. The monoisotopic (exact) mass is 418 g/mol. The van der Waals surface area contributed by atoms with E-state index in [2.05, 4.69) is 4.98 Å². The Kier molecular flexibility index (Phi) is 5.09. The molecular weight excluding hydrogens is 397 g/mol. The SMILES string of the molecule is COc1cc2c(cc1OC)[C@H](Cc1c[nH]c3ccccc13)N(C(=O)C(F)(F)F)CC2. The molecule has 0 aliphatic carbocycles. The van der Waals surface area contributed by atoms with Crippen LogP contribution in [0.15, 0.2) is 42.6 Å². The zero-order valence-electron chi connectivity index (χ0n) is 16.5. The maximum atomic E-state index is 13.3. The number of aromatic amines is 1. The second-order valence-corrected chi connectivity index (χ2v) is 7.23. The Morgan fingerprint density at radius 2 is 1.87 bits per heavy atom. The second kappa shape index (κ2) is 7.59. The molecule has 8 heteroatoms. The van der Waals surface area contributed by atoms with Gasteiger partial charge in [0.15, 0.2) is 11.5 Å². The summed E-state index contributed by atoms with van der Waals surface area (Å²) in [5.74, 6) is -0.896. The maximum Gasteiger partial charge on any atom is 0.471 e. The van der Waals surface area contributed by atoms with Gasteiger partial charge in [-0.05, 0) is 47.7 Å². The lowest BCUT2D eigenvalue weighted by Gasteiger charge is -2.38. The third kappa shape index (κ3) is 3.46. The van der Waals surface area contributed by atoms with Gasteiger partial charge < -0.3 is 19.4 Å². The molecule has 4 rings (SSSR count). The van der Waals surface area contributed by atoms with Gasteiger partial charge in [-0.3, -0.25) is 4.79 Å². The fourth-order valence-corrected chi connectivity index (χ4v) is 4.16. The molecule has 30 heavy (non-hydrogen) atoms. The highest BCUT2D eigenvalue weighted by Gasteiger charge is 2.46. The summed E-state index contributed by atoms with van der Waals surface area (Å²) in [7, 11) is 2.98. The first-order chi connectivity index (χ1) is 14.3. The number of ether oxygens (including phenoxy) is 2. The number of hydrogen-bond acceptors (Lipinski definition) is 3. The molecule has 2 heterocycles. The van der Waals surface area contributed by atoms with E-state index in [4.69, 9.17) is 9.47 Å². The summed E-state index contributed by atoms with van der Waals surface area (Å²) in [6.45, 7) is -0.0200. The predicted molar refractivity (Wildman–Crippen MR) is 106 cm³/mol. The van der Waals surface area contributed by atoms with E-state index >= 15 is 0 Å². The summed E-state index contributed by atoms with van der Waals surface area (Å²) >= 11 is 0. The molecule has 2 aromatic carbocycles. The minimum atomic E-state index is -4.94. The van der Waals surface area contributed by atoms with Gasteiger partial charge in [0, 0.05) is 23.6 Å². The molecule has 1 aliphatic heterocycles. The maximum absolute atomic E-state index is 13.3. The predicted octanol–water partition coefficient (Wildman–Crippen LogP) is 4.42. The van der Waals surface area contributed by atoms with E-state index in [1.165, 1.54) is 14.2 Å². The second-order valence-electron chi connectivity index (χ2n) is 7.23. The van der Waals surface area contributed by atoms with Crippen molar-refractivity contribution in [3.05, 3.63) is 59.3 Å². The molecular formula is C22H21F3N2O3. The van der Waals surface area contributed by atoms with Crippen molar-refractivity contribution < 1.29 is 27.4 Å². The van der Waals surface area contributed by atoms with Crippen LogP contribution in [-0.4, -0.2) is 42.7 Å². The van der Waals surface area contributed by atoms with Crippen LogP contribution < -0.4 is 9.47 Å². The number of benzene rings is 2. The lowest BCUT2D eigenvalue weighted by Crippen LogP contribution is -2.47. The molecule has 5 nitrogen and oxygen atoms in total. The zero-order chi connectivity index (χ0) is 21.5. The van der Waals surface area contributed by atoms with Crippen molar-refractivity contribution in [2.45, 2.75) is 25.1 Å². The number of nitrogens with zero attached hydrogens (tertiary/aromatic N) is 1. The minimum Gasteiger partial charge on any atom is -0.493 e. The number of rotatable bonds is 4. The standard InChI is InChI=1S/C22H21F3N2O3/c1-29-19-10-13-7-8-27(21(28)22(23,24)25)18(16(13)11-20(19)30-2)9-14-12-26-17-6-4-3-5-15(14)17/h3-6,10-12,18,26H,7-9H2,1-2H3/t18-/m0/s1. The number of carbonyl (C=O) groups is 1. The van der Waals surface area contributed by atoms with E-state index in [-0.39, 0.29) is 13.0 Å². The number of fused-ring (bicyclic) bond motifs is 2. The third-order valence-corrected chi connectivity index (χ3v) is 5.59. The summed E-state index contributed by atoms with van der Waals surface area (Å²) < 4.78 is 50.7. The highest BCUT2D eigenvalue weighted by Crippen LogP contribution is 2.41. The average molecular weight is 418 g/mol. The van der Waals surface area contributed by atoms with Crippen molar-refractivity contribution in [1.29, 1.82) is 0 Å². The Bertz CT molecular complexity index is 1090. The van der Waals surface area contributed by atoms with Gasteiger partial charge in [-0.1, -0.05) is 18.2 Å². The summed E-state index contributed by atoms with van der Waals surface area (Å²) in [4.78, 5) is 16.3. The fourth-order valence-electron chi connectivity index (χ4n) is 4.16. The van der Waals surface area contributed by atoms with Gasteiger partial charge in [0.25, 0.3) is 0 Å². The van der Waals surface area contributed by atoms with Crippen LogP contribution in [0.4, 0.5) is 13.2 Å². The number of H-pyrrole nitrogens is 1. The molecule has 0 radical (unpaired) electrons. The minimum absolute atomic E-state index is 0.0200. The summed E-state index contributed by atoms with van der Waals surface area (Å²) in [6, 6.07) is 10.3. The third-order valence-electron chi connectivity index (χ3n) is 5.59. The molecule has 1 amide bonds. The number of methoxy groups -OCH3 is 2. The number of halogens is 3. The van der Waals surface area contributed by atoms with Crippen molar-refractivity contribution in [3.63, 3.8) is 0 Å². The number of para-hydroxylation sites is 1. The Morgan fingerprint density at radius 1 is 1.17 bits per heavy atom. The molecule has 1 aliphatic rings. The molecule has 3 aromatic rings. The van der Waals surface area contributed by atoms with Crippen LogP contribution in [-0.2, 0) is 17.6 Å².